The van der Waals surface area contributed by atoms with E-state index in [1.165, 1.54) is 6.33 Å². The molecule has 0 radical (unpaired) electrons. The summed E-state index contributed by atoms with van der Waals surface area (Å²) in [5.41, 5.74) is 2.59. The molecule has 1 N–H and O–H groups in total. The van der Waals surface area contributed by atoms with Gasteiger partial charge in [0.15, 0.2) is 0 Å². The Hall–Kier alpha value is -3.68. The first kappa shape index (κ1) is 19.1. The number of aryl methyl sites for hydroxylation is 2. The van der Waals surface area contributed by atoms with Crippen LogP contribution < -0.4 is 14.8 Å². The molecule has 1 heterocycles. The zero-order valence-corrected chi connectivity index (χ0v) is 15.8. The standard InChI is InChI=1S/C20H20N4O4/c1-13-8-14(2)10-17(9-13)28-20-18(24(25)26)19(22-12-23-20)21-11-15-4-6-16(27-3)7-5-15/h4-10,12H,11H2,1-3H3,(H,21,22,23). The molecule has 0 aliphatic carbocycles. The summed E-state index contributed by atoms with van der Waals surface area (Å²) in [7, 11) is 1.59. The maximum absolute atomic E-state index is 11.7. The van der Waals surface area contributed by atoms with Gasteiger partial charge in [-0.05, 0) is 54.8 Å². The number of anilines is 1. The first-order chi connectivity index (χ1) is 13.5. The highest BCUT2D eigenvalue weighted by Gasteiger charge is 2.25. The molecule has 0 bridgehead atoms. The lowest BCUT2D eigenvalue weighted by Gasteiger charge is -2.10. The smallest absolute Gasteiger partial charge is 0.373 e. The van der Waals surface area contributed by atoms with Crippen LogP contribution in [-0.2, 0) is 6.54 Å². The fraction of sp³-hybridized carbons (Fsp3) is 0.200. The molecule has 2 aromatic carbocycles. The molecule has 144 valence electrons. The van der Waals surface area contributed by atoms with Crippen LogP contribution in [0, 0.1) is 24.0 Å². The van der Waals surface area contributed by atoms with E-state index in [0.29, 0.717) is 12.3 Å². The molecule has 3 rings (SSSR count). The molecule has 0 atom stereocenters. The van der Waals surface area contributed by atoms with Gasteiger partial charge in [0.05, 0.1) is 12.0 Å². The summed E-state index contributed by atoms with van der Waals surface area (Å²) >= 11 is 0. The first-order valence-electron chi connectivity index (χ1n) is 8.58. The lowest BCUT2D eigenvalue weighted by molar-refractivity contribution is -0.385. The molecule has 1 aromatic heterocycles. The van der Waals surface area contributed by atoms with Crippen LogP contribution in [-0.4, -0.2) is 22.0 Å². The predicted octanol–water partition coefficient (Wildman–Crippen LogP) is 4.41. The zero-order valence-electron chi connectivity index (χ0n) is 15.8. The monoisotopic (exact) mass is 380 g/mol. The fourth-order valence-corrected chi connectivity index (χ4v) is 2.76. The van der Waals surface area contributed by atoms with Crippen molar-refractivity contribution >= 4 is 11.5 Å². The maximum atomic E-state index is 11.7. The number of hydrogen-bond acceptors (Lipinski definition) is 7. The minimum atomic E-state index is -0.547. The maximum Gasteiger partial charge on any atom is 0.373 e. The molecule has 0 aliphatic heterocycles. The molecule has 0 fully saturated rings. The van der Waals surface area contributed by atoms with E-state index >= 15 is 0 Å². The van der Waals surface area contributed by atoms with Gasteiger partial charge >= 0.3 is 11.6 Å². The Labute approximate surface area is 162 Å². The van der Waals surface area contributed by atoms with Crippen LogP contribution in [0.5, 0.6) is 17.4 Å². The summed E-state index contributed by atoms with van der Waals surface area (Å²) in [5.74, 6) is 1.21. The quantitative estimate of drug-likeness (QED) is 0.478. The van der Waals surface area contributed by atoms with E-state index in [1.54, 1.807) is 19.2 Å². The van der Waals surface area contributed by atoms with Crippen LogP contribution in [0.1, 0.15) is 16.7 Å². The second-order valence-corrected chi connectivity index (χ2v) is 6.26. The van der Waals surface area contributed by atoms with Crippen LogP contribution in [0.2, 0.25) is 0 Å². The predicted molar refractivity (Wildman–Crippen MR) is 105 cm³/mol. The van der Waals surface area contributed by atoms with E-state index in [-0.39, 0.29) is 17.4 Å². The van der Waals surface area contributed by atoms with Crippen molar-refractivity contribution in [3.8, 4) is 17.4 Å². The van der Waals surface area contributed by atoms with Crippen LogP contribution in [0.3, 0.4) is 0 Å². The van der Waals surface area contributed by atoms with Crippen molar-refractivity contribution in [1.82, 2.24) is 9.97 Å². The van der Waals surface area contributed by atoms with E-state index in [9.17, 15) is 10.1 Å². The van der Waals surface area contributed by atoms with Gasteiger partial charge in [0.2, 0.25) is 5.82 Å². The second kappa shape index (κ2) is 8.34. The molecule has 3 aromatic rings. The number of rotatable bonds is 7. The largest absolute Gasteiger partial charge is 0.497 e. The summed E-state index contributed by atoms with van der Waals surface area (Å²) in [6.07, 6.45) is 1.24. The summed E-state index contributed by atoms with van der Waals surface area (Å²) in [4.78, 5) is 19.1. The van der Waals surface area contributed by atoms with Gasteiger partial charge in [-0.2, -0.15) is 4.98 Å². The number of methoxy groups -OCH3 is 1. The average molecular weight is 380 g/mol. The Kier molecular flexibility index (Phi) is 5.69. The van der Waals surface area contributed by atoms with Crippen molar-refractivity contribution in [3.05, 3.63) is 75.6 Å². The van der Waals surface area contributed by atoms with Gasteiger partial charge in [-0.3, -0.25) is 10.1 Å². The number of nitrogens with one attached hydrogen (secondary N) is 1. The van der Waals surface area contributed by atoms with Crippen molar-refractivity contribution < 1.29 is 14.4 Å². The van der Waals surface area contributed by atoms with E-state index in [1.807, 2.05) is 44.2 Å². The molecule has 0 amide bonds. The Morgan fingerprint density at radius 1 is 1.04 bits per heavy atom. The fourth-order valence-electron chi connectivity index (χ4n) is 2.76. The van der Waals surface area contributed by atoms with Gasteiger partial charge in [0.25, 0.3) is 0 Å². The summed E-state index contributed by atoms with van der Waals surface area (Å²) in [6.45, 7) is 4.21. The molecule has 8 nitrogen and oxygen atoms in total. The van der Waals surface area contributed by atoms with Gasteiger partial charge in [-0.25, -0.2) is 4.98 Å². The number of nitrogens with zero attached hydrogens (tertiary/aromatic N) is 3. The number of benzene rings is 2. The van der Waals surface area contributed by atoms with E-state index < -0.39 is 4.92 Å². The molecule has 0 unspecified atom stereocenters. The third-order valence-corrected chi connectivity index (χ3v) is 4.00. The summed E-state index contributed by atoms with van der Waals surface area (Å²) < 4.78 is 10.8. The topological polar surface area (TPSA) is 99.4 Å². The SMILES string of the molecule is COc1ccc(CNc2ncnc(Oc3cc(C)cc(C)c3)c2[N+](=O)[O-])cc1. The Balaban J connectivity index is 1.85. The molecule has 0 saturated carbocycles. The van der Waals surface area contributed by atoms with E-state index in [0.717, 1.165) is 22.4 Å². The highest BCUT2D eigenvalue weighted by Crippen LogP contribution is 2.34. The lowest BCUT2D eigenvalue weighted by atomic mass is 10.1. The highest BCUT2D eigenvalue weighted by atomic mass is 16.6. The lowest BCUT2D eigenvalue weighted by Crippen LogP contribution is -2.07. The first-order valence-corrected chi connectivity index (χ1v) is 8.58. The third kappa shape index (κ3) is 4.53. The number of hydrogen-bond donors (Lipinski definition) is 1. The third-order valence-electron chi connectivity index (χ3n) is 4.00. The zero-order chi connectivity index (χ0) is 20.1. The van der Waals surface area contributed by atoms with Crippen LogP contribution in [0.25, 0.3) is 0 Å². The molecule has 0 aliphatic rings. The number of nitro groups is 1. The second-order valence-electron chi connectivity index (χ2n) is 6.26. The summed E-state index contributed by atoms with van der Waals surface area (Å²) in [5, 5.41) is 14.6. The van der Waals surface area contributed by atoms with Crippen molar-refractivity contribution in [2.45, 2.75) is 20.4 Å². The molecular weight excluding hydrogens is 360 g/mol. The van der Waals surface area contributed by atoms with Gasteiger partial charge < -0.3 is 14.8 Å². The average Bonchev–Trinajstić information content (AvgIpc) is 2.65. The number of aromatic nitrogens is 2. The van der Waals surface area contributed by atoms with E-state index in [4.69, 9.17) is 9.47 Å². The number of ether oxygens (including phenoxy) is 2. The van der Waals surface area contributed by atoms with Gasteiger partial charge in [0, 0.05) is 6.54 Å². The molecule has 0 spiro atoms. The van der Waals surface area contributed by atoms with Gasteiger partial charge in [-0.15, -0.1) is 0 Å². The van der Waals surface area contributed by atoms with Crippen LogP contribution in [0.4, 0.5) is 11.5 Å². The van der Waals surface area contributed by atoms with Crippen LogP contribution in [0.15, 0.2) is 48.8 Å². The van der Waals surface area contributed by atoms with Crippen molar-refractivity contribution in [3.63, 3.8) is 0 Å². The minimum Gasteiger partial charge on any atom is -0.497 e. The Bertz CT molecular complexity index is 970. The van der Waals surface area contributed by atoms with Crippen LogP contribution >= 0.6 is 0 Å². The Morgan fingerprint density at radius 3 is 2.32 bits per heavy atom. The summed E-state index contributed by atoms with van der Waals surface area (Å²) in [6, 6.07) is 13.0. The molecule has 0 saturated heterocycles. The van der Waals surface area contributed by atoms with Crippen molar-refractivity contribution in [2.24, 2.45) is 0 Å². The highest BCUT2D eigenvalue weighted by molar-refractivity contribution is 5.62. The molecule has 28 heavy (non-hydrogen) atoms. The van der Waals surface area contributed by atoms with Gasteiger partial charge in [-0.1, -0.05) is 18.2 Å². The van der Waals surface area contributed by atoms with Crippen molar-refractivity contribution in [2.75, 3.05) is 12.4 Å². The minimum absolute atomic E-state index is 0.0928. The Morgan fingerprint density at radius 2 is 1.71 bits per heavy atom. The van der Waals surface area contributed by atoms with Crippen molar-refractivity contribution in [1.29, 1.82) is 0 Å². The van der Waals surface area contributed by atoms with E-state index in [2.05, 4.69) is 15.3 Å². The normalized spacial score (nSPS) is 10.4. The molecular formula is C20H20N4O4. The van der Waals surface area contributed by atoms with Gasteiger partial charge in [0.1, 0.15) is 17.8 Å². The molecule has 8 heteroatoms.